The van der Waals surface area contributed by atoms with Crippen LogP contribution in [0.3, 0.4) is 0 Å². The monoisotopic (exact) mass is 430 g/mol. The molecule has 1 nitrogen and oxygen atoms in total. The molecule has 32 heavy (non-hydrogen) atoms. The molecule has 0 radical (unpaired) electrons. The first-order chi connectivity index (χ1) is 15.7. The van der Waals surface area contributed by atoms with Crippen LogP contribution in [0.25, 0.3) is 0 Å². The molecular formula is C30H35FO. The number of ether oxygens (including phenoxy) is 1. The molecule has 4 atom stereocenters. The summed E-state index contributed by atoms with van der Waals surface area (Å²) in [6, 6.07) is 13.9. The molecule has 0 amide bonds. The predicted molar refractivity (Wildman–Crippen MR) is 130 cm³/mol. The first kappa shape index (κ1) is 22.8. The molecule has 0 saturated heterocycles. The van der Waals surface area contributed by atoms with Crippen molar-refractivity contribution in [3.8, 4) is 11.8 Å². The van der Waals surface area contributed by atoms with Gasteiger partial charge in [-0.1, -0.05) is 36.1 Å². The van der Waals surface area contributed by atoms with Crippen LogP contribution < -0.4 is 0 Å². The fraction of sp³-hybridized carbons (Fsp3) is 0.467. The molecular weight excluding hydrogens is 395 g/mol. The van der Waals surface area contributed by atoms with E-state index in [4.69, 9.17) is 4.74 Å². The third-order valence-electron chi connectivity index (χ3n) is 7.35. The summed E-state index contributed by atoms with van der Waals surface area (Å²) in [6.07, 6.45) is 11.3. The van der Waals surface area contributed by atoms with Crippen LogP contribution in [0.2, 0.25) is 0 Å². The molecule has 168 valence electrons. The second-order valence-electron chi connectivity index (χ2n) is 9.43. The summed E-state index contributed by atoms with van der Waals surface area (Å²) in [4.78, 5) is 0. The number of halogens is 1. The van der Waals surface area contributed by atoms with E-state index in [0.29, 0.717) is 12.0 Å². The van der Waals surface area contributed by atoms with E-state index < -0.39 is 0 Å². The number of hydrogen-bond donors (Lipinski definition) is 0. The lowest BCUT2D eigenvalue weighted by atomic mass is 9.65. The Balaban J connectivity index is 1.38. The van der Waals surface area contributed by atoms with Gasteiger partial charge in [-0.25, -0.2) is 4.39 Å². The number of fused-ring (bicyclic) bond motifs is 1. The van der Waals surface area contributed by atoms with Crippen LogP contribution in [-0.2, 0) is 11.2 Å². The summed E-state index contributed by atoms with van der Waals surface area (Å²) in [7, 11) is 0. The largest absolute Gasteiger partial charge is 0.378 e. The molecule has 2 heteroatoms. The first-order valence-corrected chi connectivity index (χ1v) is 12.3. The molecule has 2 aliphatic carbocycles. The van der Waals surface area contributed by atoms with Gasteiger partial charge in [0, 0.05) is 17.7 Å². The second kappa shape index (κ2) is 11.0. The van der Waals surface area contributed by atoms with E-state index in [-0.39, 0.29) is 5.82 Å². The third kappa shape index (κ3) is 5.70. The van der Waals surface area contributed by atoms with E-state index in [1.807, 2.05) is 30.3 Å². The second-order valence-corrected chi connectivity index (χ2v) is 9.43. The highest BCUT2D eigenvalue weighted by atomic mass is 19.1. The molecule has 0 aromatic heterocycles. The lowest BCUT2D eigenvalue weighted by Crippen LogP contribution is -2.33. The molecule has 2 aliphatic rings. The van der Waals surface area contributed by atoms with E-state index in [1.54, 1.807) is 6.07 Å². The van der Waals surface area contributed by atoms with Gasteiger partial charge in [0.25, 0.3) is 0 Å². The first-order valence-electron chi connectivity index (χ1n) is 12.3. The number of aryl methyl sites for hydroxylation is 1. The summed E-state index contributed by atoms with van der Waals surface area (Å²) in [5, 5.41) is 0. The zero-order valence-corrected chi connectivity index (χ0v) is 19.3. The van der Waals surface area contributed by atoms with Gasteiger partial charge in [-0.15, -0.1) is 6.58 Å². The molecule has 0 spiro atoms. The smallest absolute Gasteiger partial charge is 0.127 e. The van der Waals surface area contributed by atoms with Gasteiger partial charge in [0.2, 0.25) is 0 Å². The maximum absolute atomic E-state index is 15.0. The van der Waals surface area contributed by atoms with Gasteiger partial charge in [-0.05, 0) is 111 Å². The standard InChI is InChI=1S/C30H35FO/c1-3-5-6-22-7-9-23(10-8-22)11-12-24-13-18-29(30(31)19-24)27-15-14-26-21-28(32-4-2)17-16-25(26)20-27/h3,7-10,13,18-19,25-28H,1,4-6,14-17,20-21H2,2H3. The van der Waals surface area contributed by atoms with Crippen molar-refractivity contribution in [3.63, 3.8) is 0 Å². The van der Waals surface area contributed by atoms with Crippen LogP contribution >= 0.6 is 0 Å². The van der Waals surface area contributed by atoms with E-state index in [9.17, 15) is 0 Å². The van der Waals surface area contributed by atoms with Gasteiger partial charge in [-0.2, -0.15) is 0 Å². The number of rotatable bonds is 6. The molecule has 2 aromatic carbocycles. The number of hydrogen-bond acceptors (Lipinski definition) is 1. The Morgan fingerprint density at radius 3 is 2.44 bits per heavy atom. The SMILES string of the molecule is C=CCCc1ccc(C#Cc2ccc(C3CCC4CC(OCC)CCC4C3)c(F)c2)cc1. The highest BCUT2D eigenvalue weighted by Gasteiger charge is 2.36. The van der Waals surface area contributed by atoms with Crippen molar-refractivity contribution in [1.82, 2.24) is 0 Å². The fourth-order valence-electron chi connectivity index (χ4n) is 5.62. The maximum Gasteiger partial charge on any atom is 0.127 e. The molecule has 2 fully saturated rings. The van der Waals surface area contributed by atoms with E-state index >= 15 is 4.39 Å². The molecule has 2 aromatic rings. The number of allylic oxidation sites excluding steroid dienone is 1. The van der Waals surface area contributed by atoms with Crippen molar-refractivity contribution in [1.29, 1.82) is 0 Å². The number of benzene rings is 2. The van der Waals surface area contributed by atoms with Crippen LogP contribution in [-0.4, -0.2) is 12.7 Å². The van der Waals surface area contributed by atoms with Crippen LogP contribution in [0.1, 0.15) is 80.0 Å². The summed E-state index contributed by atoms with van der Waals surface area (Å²) in [6.45, 7) is 6.66. The molecule has 4 unspecified atom stereocenters. The van der Waals surface area contributed by atoms with Crippen molar-refractivity contribution >= 4 is 0 Å². The van der Waals surface area contributed by atoms with Crippen molar-refractivity contribution in [2.75, 3.05) is 6.61 Å². The molecule has 2 saturated carbocycles. The van der Waals surface area contributed by atoms with Crippen molar-refractivity contribution in [2.45, 2.75) is 70.3 Å². The van der Waals surface area contributed by atoms with Gasteiger partial charge < -0.3 is 4.74 Å². The van der Waals surface area contributed by atoms with E-state index in [2.05, 4.69) is 37.5 Å². The Morgan fingerprint density at radius 1 is 0.969 bits per heavy atom. The Morgan fingerprint density at radius 2 is 1.69 bits per heavy atom. The van der Waals surface area contributed by atoms with Gasteiger partial charge in [0.1, 0.15) is 5.82 Å². The lowest BCUT2D eigenvalue weighted by molar-refractivity contribution is -0.00968. The predicted octanol–water partition coefficient (Wildman–Crippen LogP) is 7.43. The molecule has 0 bridgehead atoms. The molecule has 4 rings (SSSR count). The minimum atomic E-state index is -0.0944. The van der Waals surface area contributed by atoms with Gasteiger partial charge in [0.15, 0.2) is 0 Å². The molecule has 0 N–H and O–H groups in total. The topological polar surface area (TPSA) is 9.23 Å². The third-order valence-corrected chi connectivity index (χ3v) is 7.35. The van der Waals surface area contributed by atoms with Gasteiger partial charge >= 0.3 is 0 Å². The minimum absolute atomic E-state index is 0.0944. The average molecular weight is 431 g/mol. The van der Waals surface area contributed by atoms with Gasteiger partial charge in [-0.3, -0.25) is 0 Å². The van der Waals surface area contributed by atoms with E-state index in [1.165, 1.54) is 24.8 Å². The highest BCUT2D eigenvalue weighted by molar-refractivity contribution is 5.44. The summed E-state index contributed by atoms with van der Waals surface area (Å²) >= 11 is 0. The minimum Gasteiger partial charge on any atom is -0.378 e. The van der Waals surface area contributed by atoms with Gasteiger partial charge in [0.05, 0.1) is 6.10 Å². The maximum atomic E-state index is 15.0. The summed E-state index contributed by atoms with van der Waals surface area (Å²) in [5.41, 5.74) is 3.87. The van der Waals surface area contributed by atoms with Crippen LogP contribution in [0, 0.1) is 29.5 Å². The van der Waals surface area contributed by atoms with Crippen molar-refractivity contribution in [2.24, 2.45) is 11.8 Å². The Hall–Kier alpha value is -2.37. The quantitative estimate of drug-likeness (QED) is 0.342. The van der Waals surface area contributed by atoms with Crippen LogP contribution in [0.15, 0.2) is 55.1 Å². The Kier molecular flexibility index (Phi) is 7.82. The molecule has 0 heterocycles. The lowest BCUT2D eigenvalue weighted by Gasteiger charge is -2.42. The zero-order valence-electron chi connectivity index (χ0n) is 19.3. The Bertz CT molecular complexity index is 965. The van der Waals surface area contributed by atoms with Crippen LogP contribution in [0.5, 0.6) is 0 Å². The molecule has 0 aliphatic heterocycles. The normalized spacial score (nSPS) is 24.8. The van der Waals surface area contributed by atoms with E-state index in [0.717, 1.165) is 67.2 Å². The highest BCUT2D eigenvalue weighted by Crippen LogP contribution is 2.47. The average Bonchev–Trinajstić information content (AvgIpc) is 2.82. The van der Waals surface area contributed by atoms with Crippen molar-refractivity contribution < 1.29 is 9.13 Å². The zero-order chi connectivity index (χ0) is 22.3. The summed E-state index contributed by atoms with van der Waals surface area (Å²) < 4.78 is 20.9. The summed E-state index contributed by atoms with van der Waals surface area (Å²) in [5.74, 6) is 8.03. The van der Waals surface area contributed by atoms with Crippen LogP contribution in [0.4, 0.5) is 4.39 Å². The van der Waals surface area contributed by atoms with Crippen molar-refractivity contribution in [3.05, 3.63) is 83.2 Å². The fourth-order valence-corrected chi connectivity index (χ4v) is 5.62. The Labute approximate surface area is 193 Å².